The number of thiophene rings is 1. The minimum absolute atomic E-state index is 0.637. The van der Waals surface area contributed by atoms with E-state index in [0.29, 0.717) is 6.04 Å². The van der Waals surface area contributed by atoms with Crippen molar-refractivity contribution in [2.75, 3.05) is 19.8 Å². The number of ether oxygens (including phenoxy) is 1. The van der Waals surface area contributed by atoms with E-state index in [1.165, 1.54) is 17.7 Å². The molecule has 2 heterocycles. The van der Waals surface area contributed by atoms with Crippen LogP contribution in [0.15, 0.2) is 12.1 Å². The largest absolute Gasteiger partial charge is 0.381 e. The molecule has 0 spiro atoms. The lowest BCUT2D eigenvalue weighted by Crippen LogP contribution is -2.30. The van der Waals surface area contributed by atoms with Crippen LogP contribution in [0.2, 0.25) is 4.34 Å². The Kier molecular flexibility index (Phi) is 5.10. The van der Waals surface area contributed by atoms with Gasteiger partial charge < -0.3 is 10.1 Å². The monoisotopic (exact) mass is 259 g/mol. The number of halogens is 1. The van der Waals surface area contributed by atoms with Gasteiger partial charge in [0.25, 0.3) is 0 Å². The molecule has 1 atom stereocenters. The number of nitrogens with one attached hydrogen (secondary N) is 1. The molecule has 0 radical (unpaired) electrons. The Morgan fingerprint density at radius 3 is 3.12 bits per heavy atom. The van der Waals surface area contributed by atoms with Gasteiger partial charge in [-0.25, -0.2) is 0 Å². The maximum absolute atomic E-state index is 5.89. The van der Waals surface area contributed by atoms with E-state index in [9.17, 15) is 0 Å². The molecule has 2 rings (SSSR count). The summed E-state index contributed by atoms with van der Waals surface area (Å²) < 4.78 is 6.32. The summed E-state index contributed by atoms with van der Waals surface area (Å²) in [6.45, 7) is 2.88. The number of rotatable bonds is 4. The smallest absolute Gasteiger partial charge is 0.0931 e. The summed E-state index contributed by atoms with van der Waals surface area (Å²) in [5, 5.41) is 3.60. The van der Waals surface area contributed by atoms with E-state index < -0.39 is 0 Å². The maximum Gasteiger partial charge on any atom is 0.0931 e. The first-order chi connectivity index (χ1) is 7.84. The van der Waals surface area contributed by atoms with Crippen LogP contribution in [0.3, 0.4) is 0 Å². The minimum Gasteiger partial charge on any atom is -0.381 e. The van der Waals surface area contributed by atoms with Gasteiger partial charge in [0, 0.05) is 30.7 Å². The van der Waals surface area contributed by atoms with Gasteiger partial charge in [-0.15, -0.1) is 11.3 Å². The zero-order valence-electron chi connectivity index (χ0n) is 9.38. The van der Waals surface area contributed by atoms with Gasteiger partial charge in [0.1, 0.15) is 0 Å². The molecule has 0 saturated carbocycles. The Balaban J connectivity index is 1.67. The van der Waals surface area contributed by atoms with E-state index in [2.05, 4.69) is 11.4 Å². The first kappa shape index (κ1) is 12.4. The van der Waals surface area contributed by atoms with Crippen LogP contribution in [-0.4, -0.2) is 25.8 Å². The van der Waals surface area contributed by atoms with Crippen molar-refractivity contribution in [3.05, 3.63) is 21.3 Å². The van der Waals surface area contributed by atoms with Gasteiger partial charge in [0.2, 0.25) is 0 Å². The van der Waals surface area contributed by atoms with Crippen molar-refractivity contribution in [2.24, 2.45) is 0 Å². The second kappa shape index (κ2) is 6.60. The summed E-state index contributed by atoms with van der Waals surface area (Å²) in [6.07, 6.45) is 4.65. The summed E-state index contributed by atoms with van der Waals surface area (Å²) >= 11 is 7.57. The lowest BCUT2D eigenvalue weighted by Gasteiger charge is -2.14. The molecule has 4 heteroatoms. The van der Waals surface area contributed by atoms with Crippen LogP contribution in [0, 0.1) is 0 Å². The van der Waals surface area contributed by atoms with Crippen molar-refractivity contribution < 1.29 is 4.74 Å². The fourth-order valence-corrected chi connectivity index (χ4v) is 3.08. The molecule has 90 valence electrons. The molecule has 0 aliphatic carbocycles. The second-order valence-corrected chi connectivity index (χ2v) is 5.95. The quantitative estimate of drug-likeness (QED) is 0.897. The summed E-state index contributed by atoms with van der Waals surface area (Å²) in [5.41, 5.74) is 0. The van der Waals surface area contributed by atoms with Crippen LogP contribution in [0.5, 0.6) is 0 Å². The summed E-state index contributed by atoms with van der Waals surface area (Å²) in [6, 6.07) is 4.73. The van der Waals surface area contributed by atoms with E-state index in [-0.39, 0.29) is 0 Å². The molecular formula is C12H18ClNOS. The second-order valence-electron chi connectivity index (χ2n) is 4.15. The topological polar surface area (TPSA) is 21.3 Å². The Morgan fingerprint density at radius 1 is 1.38 bits per heavy atom. The molecule has 0 bridgehead atoms. The van der Waals surface area contributed by atoms with Gasteiger partial charge >= 0.3 is 0 Å². The van der Waals surface area contributed by atoms with Gasteiger partial charge in [-0.2, -0.15) is 0 Å². The van der Waals surface area contributed by atoms with Crippen molar-refractivity contribution in [2.45, 2.75) is 31.7 Å². The average Bonchev–Trinajstić information content (AvgIpc) is 2.54. The van der Waals surface area contributed by atoms with Gasteiger partial charge in [0.05, 0.1) is 4.34 Å². The molecule has 1 fully saturated rings. The Morgan fingerprint density at radius 2 is 2.31 bits per heavy atom. The van der Waals surface area contributed by atoms with Gasteiger partial charge in [-0.05, 0) is 37.8 Å². The molecule has 1 aliphatic rings. The lowest BCUT2D eigenvalue weighted by molar-refractivity contribution is 0.142. The van der Waals surface area contributed by atoms with Gasteiger partial charge in [0.15, 0.2) is 0 Å². The van der Waals surface area contributed by atoms with E-state index in [4.69, 9.17) is 16.3 Å². The van der Waals surface area contributed by atoms with Crippen molar-refractivity contribution in [1.82, 2.24) is 5.32 Å². The Hall–Kier alpha value is -0.0900. The van der Waals surface area contributed by atoms with Crippen molar-refractivity contribution in [3.8, 4) is 0 Å². The summed E-state index contributed by atoms with van der Waals surface area (Å²) in [7, 11) is 0. The van der Waals surface area contributed by atoms with Crippen LogP contribution in [0.25, 0.3) is 0 Å². The van der Waals surface area contributed by atoms with Crippen molar-refractivity contribution >= 4 is 22.9 Å². The van der Waals surface area contributed by atoms with Crippen LogP contribution in [-0.2, 0) is 11.2 Å². The highest BCUT2D eigenvalue weighted by Gasteiger charge is 2.11. The van der Waals surface area contributed by atoms with E-state index in [1.54, 1.807) is 11.3 Å². The average molecular weight is 260 g/mol. The normalized spacial score (nSPS) is 21.9. The van der Waals surface area contributed by atoms with E-state index in [0.717, 1.165) is 36.9 Å². The van der Waals surface area contributed by atoms with E-state index in [1.807, 2.05) is 6.07 Å². The highest BCUT2D eigenvalue weighted by atomic mass is 35.5. The molecule has 0 amide bonds. The van der Waals surface area contributed by atoms with Gasteiger partial charge in [-0.3, -0.25) is 0 Å². The molecule has 2 nitrogen and oxygen atoms in total. The van der Waals surface area contributed by atoms with Gasteiger partial charge in [-0.1, -0.05) is 11.6 Å². The Bertz CT molecular complexity index is 308. The lowest BCUT2D eigenvalue weighted by atomic mass is 10.1. The van der Waals surface area contributed by atoms with Crippen LogP contribution in [0.4, 0.5) is 0 Å². The third-order valence-corrected chi connectivity index (χ3v) is 4.18. The number of hydrogen-bond acceptors (Lipinski definition) is 3. The first-order valence-electron chi connectivity index (χ1n) is 5.90. The molecule has 0 aromatic carbocycles. The molecular weight excluding hydrogens is 242 g/mol. The predicted octanol–water partition coefficient (Wildman–Crippen LogP) is 3.10. The summed E-state index contributed by atoms with van der Waals surface area (Å²) in [4.78, 5) is 1.36. The SMILES string of the molecule is Clc1ccc(CCNC2CCCOCC2)s1. The molecule has 1 saturated heterocycles. The zero-order valence-corrected chi connectivity index (χ0v) is 10.9. The van der Waals surface area contributed by atoms with Crippen LogP contribution in [0.1, 0.15) is 24.1 Å². The molecule has 16 heavy (non-hydrogen) atoms. The predicted molar refractivity (Wildman–Crippen MR) is 69.5 cm³/mol. The zero-order chi connectivity index (χ0) is 11.2. The standard InChI is InChI=1S/C12H18ClNOS/c13-12-4-3-11(16-12)5-7-14-10-2-1-8-15-9-6-10/h3-4,10,14H,1-2,5-9H2. The molecule has 1 aliphatic heterocycles. The van der Waals surface area contributed by atoms with E-state index >= 15 is 0 Å². The molecule has 1 N–H and O–H groups in total. The highest BCUT2D eigenvalue weighted by Crippen LogP contribution is 2.21. The Labute approximate surface area is 106 Å². The van der Waals surface area contributed by atoms with Crippen molar-refractivity contribution in [3.63, 3.8) is 0 Å². The maximum atomic E-state index is 5.89. The molecule has 1 unspecified atom stereocenters. The highest BCUT2D eigenvalue weighted by molar-refractivity contribution is 7.16. The van der Waals surface area contributed by atoms with Crippen LogP contribution >= 0.6 is 22.9 Å². The summed E-state index contributed by atoms with van der Waals surface area (Å²) in [5.74, 6) is 0. The first-order valence-corrected chi connectivity index (χ1v) is 7.09. The third-order valence-electron chi connectivity index (χ3n) is 2.89. The minimum atomic E-state index is 0.637. The van der Waals surface area contributed by atoms with Crippen molar-refractivity contribution in [1.29, 1.82) is 0 Å². The molecule has 1 aromatic rings. The van der Waals surface area contributed by atoms with Crippen LogP contribution < -0.4 is 5.32 Å². The fourth-order valence-electron chi connectivity index (χ4n) is 1.99. The fraction of sp³-hybridized carbons (Fsp3) is 0.667. The number of hydrogen-bond donors (Lipinski definition) is 1. The third kappa shape index (κ3) is 4.06. The molecule has 1 aromatic heterocycles.